The number of amides is 1. The summed E-state index contributed by atoms with van der Waals surface area (Å²) in [6.45, 7) is 8.59. The molecule has 0 bridgehead atoms. The molecule has 0 radical (unpaired) electrons. The van der Waals surface area contributed by atoms with Crippen LogP contribution in [0.2, 0.25) is 0 Å². The summed E-state index contributed by atoms with van der Waals surface area (Å²) in [7, 11) is -3.47. The van der Waals surface area contributed by atoms with Crippen LogP contribution in [0.3, 0.4) is 0 Å². The molecular formula is C23H30N2O4S. The monoisotopic (exact) mass is 430 g/mol. The average Bonchev–Trinajstić information content (AvgIpc) is 2.72. The van der Waals surface area contributed by atoms with E-state index in [1.54, 1.807) is 25.1 Å². The first-order valence-corrected chi connectivity index (χ1v) is 12.0. The zero-order valence-corrected chi connectivity index (χ0v) is 18.6. The Balaban J connectivity index is 1.72. The smallest absolute Gasteiger partial charge is 0.252 e. The van der Waals surface area contributed by atoms with E-state index in [1.807, 2.05) is 18.2 Å². The van der Waals surface area contributed by atoms with Gasteiger partial charge in [-0.25, -0.2) is 8.42 Å². The number of morpholine rings is 1. The van der Waals surface area contributed by atoms with Crippen LogP contribution in [0.15, 0.2) is 53.4 Å². The molecule has 0 aromatic heterocycles. The molecule has 2 aromatic rings. The second-order valence-electron chi connectivity index (χ2n) is 7.80. The Morgan fingerprint density at radius 1 is 1.03 bits per heavy atom. The standard InChI is InChI=1S/C23H30N2O4S/c1-4-30(27,28)22-12-8-7-11-21(22)23(26)24-13-19-9-5-6-10-20(19)16-25-14-17(2)29-18(3)15-25/h5-12,17-18H,4,13-16H2,1-3H3,(H,24,26). The van der Waals surface area contributed by atoms with Crippen LogP contribution in [0.25, 0.3) is 0 Å². The number of nitrogens with one attached hydrogen (secondary N) is 1. The SMILES string of the molecule is CCS(=O)(=O)c1ccccc1C(=O)NCc1ccccc1CN1CC(C)OC(C)C1. The molecule has 1 heterocycles. The van der Waals surface area contributed by atoms with Crippen molar-refractivity contribution in [3.63, 3.8) is 0 Å². The number of carbonyl (C=O) groups is 1. The third-order valence-electron chi connectivity index (χ3n) is 5.29. The van der Waals surface area contributed by atoms with E-state index in [2.05, 4.69) is 30.1 Å². The fourth-order valence-electron chi connectivity index (χ4n) is 3.89. The molecule has 0 saturated carbocycles. The number of carbonyl (C=O) groups excluding carboxylic acids is 1. The van der Waals surface area contributed by atoms with Gasteiger partial charge in [0.15, 0.2) is 9.84 Å². The molecule has 2 unspecified atom stereocenters. The van der Waals surface area contributed by atoms with E-state index in [1.165, 1.54) is 6.07 Å². The molecule has 0 aliphatic carbocycles. The van der Waals surface area contributed by atoms with Crippen molar-refractivity contribution >= 4 is 15.7 Å². The van der Waals surface area contributed by atoms with Gasteiger partial charge in [0.2, 0.25) is 0 Å². The Kier molecular flexibility index (Phi) is 7.28. The van der Waals surface area contributed by atoms with Crippen molar-refractivity contribution in [2.45, 2.75) is 51.0 Å². The van der Waals surface area contributed by atoms with Crippen molar-refractivity contribution in [3.8, 4) is 0 Å². The average molecular weight is 431 g/mol. The molecule has 30 heavy (non-hydrogen) atoms. The second-order valence-corrected chi connectivity index (χ2v) is 10.0. The lowest BCUT2D eigenvalue weighted by atomic mass is 10.1. The van der Waals surface area contributed by atoms with E-state index in [9.17, 15) is 13.2 Å². The molecule has 1 amide bonds. The summed E-state index contributed by atoms with van der Waals surface area (Å²) >= 11 is 0. The number of hydrogen-bond donors (Lipinski definition) is 1. The van der Waals surface area contributed by atoms with E-state index in [0.29, 0.717) is 6.54 Å². The van der Waals surface area contributed by atoms with Crippen molar-refractivity contribution in [2.24, 2.45) is 0 Å². The lowest BCUT2D eigenvalue weighted by Gasteiger charge is -2.35. The van der Waals surface area contributed by atoms with Gasteiger partial charge in [-0.05, 0) is 37.1 Å². The minimum atomic E-state index is -3.47. The summed E-state index contributed by atoms with van der Waals surface area (Å²) in [6, 6.07) is 14.4. The van der Waals surface area contributed by atoms with E-state index in [4.69, 9.17) is 4.74 Å². The van der Waals surface area contributed by atoms with E-state index < -0.39 is 9.84 Å². The third-order valence-corrected chi connectivity index (χ3v) is 7.08. The Morgan fingerprint density at radius 3 is 2.30 bits per heavy atom. The van der Waals surface area contributed by atoms with Gasteiger partial charge >= 0.3 is 0 Å². The van der Waals surface area contributed by atoms with Gasteiger partial charge in [-0.3, -0.25) is 9.69 Å². The third kappa shape index (κ3) is 5.47. The molecule has 0 spiro atoms. The highest BCUT2D eigenvalue weighted by Crippen LogP contribution is 2.19. The van der Waals surface area contributed by atoms with Crippen LogP contribution in [0.5, 0.6) is 0 Å². The van der Waals surface area contributed by atoms with Crippen molar-refractivity contribution in [2.75, 3.05) is 18.8 Å². The number of rotatable bonds is 7. The van der Waals surface area contributed by atoms with Gasteiger partial charge in [0.05, 0.1) is 28.4 Å². The lowest BCUT2D eigenvalue weighted by Crippen LogP contribution is -2.45. The van der Waals surface area contributed by atoms with Gasteiger partial charge in [-0.1, -0.05) is 43.3 Å². The minimum absolute atomic E-state index is 0.0451. The van der Waals surface area contributed by atoms with Crippen LogP contribution in [-0.4, -0.2) is 50.3 Å². The van der Waals surface area contributed by atoms with Gasteiger partial charge in [0.25, 0.3) is 5.91 Å². The Bertz CT molecular complexity index is 980. The normalized spacial score (nSPS) is 20.1. The molecule has 1 fully saturated rings. The summed E-state index contributed by atoms with van der Waals surface area (Å²) in [5.74, 6) is -0.428. The van der Waals surface area contributed by atoms with Crippen molar-refractivity contribution in [1.29, 1.82) is 0 Å². The summed E-state index contributed by atoms with van der Waals surface area (Å²) < 4.78 is 30.5. The van der Waals surface area contributed by atoms with Crippen LogP contribution >= 0.6 is 0 Å². The fourth-order valence-corrected chi connectivity index (χ4v) is 4.98. The van der Waals surface area contributed by atoms with Crippen LogP contribution in [-0.2, 0) is 27.7 Å². The molecule has 6 nitrogen and oxygen atoms in total. The topological polar surface area (TPSA) is 75.7 Å². The predicted molar refractivity (Wildman–Crippen MR) is 117 cm³/mol. The van der Waals surface area contributed by atoms with Crippen molar-refractivity contribution < 1.29 is 17.9 Å². The Hall–Kier alpha value is -2.22. The quantitative estimate of drug-likeness (QED) is 0.731. The second kappa shape index (κ2) is 9.73. The Morgan fingerprint density at radius 2 is 1.63 bits per heavy atom. The van der Waals surface area contributed by atoms with Gasteiger partial charge in [0, 0.05) is 26.2 Å². The Labute approximate surface area is 179 Å². The summed E-state index contributed by atoms with van der Waals surface area (Å²) in [5.41, 5.74) is 2.36. The number of nitrogens with zero attached hydrogens (tertiary/aromatic N) is 1. The molecule has 1 aliphatic rings. The van der Waals surface area contributed by atoms with Crippen LogP contribution in [0, 0.1) is 0 Å². The number of sulfone groups is 1. The minimum Gasteiger partial charge on any atom is -0.373 e. The molecule has 2 atom stereocenters. The number of hydrogen-bond acceptors (Lipinski definition) is 5. The predicted octanol–water partition coefficient (Wildman–Crippen LogP) is 3.02. The summed E-state index contributed by atoms with van der Waals surface area (Å²) in [5, 5.41) is 2.90. The molecule has 2 aromatic carbocycles. The maximum Gasteiger partial charge on any atom is 0.252 e. The molecule has 1 aliphatic heterocycles. The highest BCUT2D eigenvalue weighted by molar-refractivity contribution is 7.91. The van der Waals surface area contributed by atoms with Crippen LogP contribution in [0.1, 0.15) is 42.3 Å². The van der Waals surface area contributed by atoms with Crippen molar-refractivity contribution in [1.82, 2.24) is 10.2 Å². The number of benzene rings is 2. The van der Waals surface area contributed by atoms with Crippen LogP contribution < -0.4 is 5.32 Å². The molecule has 3 rings (SSSR count). The van der Waals surface area contributed by atoms with Gasteiger partial charge in [-0.15, -0.1) is 0 Å². The first-order valence-electron chi connectivity index (χ1n) is 10.3. The summed E-state index contributed by atoms with van der Waals surface area (Å²) in [4.78, 5) is 15.2. The highest BCUT2D eigenvalue weighted by Gasteiger charge is 2.23. The first kappa shape index (κ1) is 22.5. The maximum absolute atomic E-state index is 12.8. The molecule has 1 N–H and O–H groups in total. The van der Waals surface area contributed by atoms with E-state index in [0.717, 1.165) is 30.8 Å². The molecule has 7 heteroatoms. The maximum atomic E-state index is 12.8. The van der Waals surface area contributed by atoms with Crippen LogP contribution in [0.4, 0.5) is 0 Å². The zero-order valence-electron chi connectivity index (χ0n) is 17.8. The lowest BCUT2D eigenvalue weighted by molar-refractivity contribution is -0.0705. The molecule has 162 valence electrons. The summed E-state index contributed by atoms with van der Waals surface area (Å²) in [6.07, 6.45) is 0.385. The van der Waals surface area contributed by atoms with Gasteiger partial charge in [0.1, 0.15) is 0 Å². The van der Waals surface area contributed by atoms with E-state index in [-0.39, 0.29) is 34.3 Å². The van der Waals surface area contributed by atoms with Gasteiger partial charge in [-0.2, -0.15) is 0 Å². The fraction of sp³-hybridized carbons (Fsp3) is 0.435. The van der Waals surface area contributed by atoms with Gasteiger partial charge < -0.3 is 10.1 Å². The molecular weight excluding hydrogens is 400 g/mol. The van der Waals surface area contributed by atoms with Crippen molar-refractivity contribution in [3.05, 3.63) is 65.2 Å². The zero-order chi connectivity index (χ0) is 21.7. The first-order chi connectivity index (χ1) is 14.3. The largest absolute Gasteiger partial charge is 0.373 e. The number of ether oxygens (including phenoxy) is 1. The van der Waals surface area contributed by atoms with E-state index >= 15 is 0 Å². The highest BCUT2D eigenvalue weighted by atomic mass is 32.2. The molecule has 1 saturated heterocycles.